The Kier molecular flexibility index (Phi) is 5.46. The van der Waals surface area contributed by atoms with Crippen molar-refractivity contribution in [3.63, 3.8) is 0 Å². The number of nitrogens with zero attached hydrogens (tertiary/aromatic N) is 1. The first-order valence-electron chi connectivity index (χ1n) is 6.96. The zero-order valence-corrected chi connectivity index (χ0v) is 13.4. The van der Waals surface area contributed by atoms with Gasteiger partial charge < -0.3 is 5.32 Å². The van der Waals surface area contributed by atoms with Crippen molar-refractivity contribution < 1.29 is 0 Å². The number of rotatable bonds is 5. The normalized spacial score (nSPS) is 12.9. The van der Waals surface area contributed by atoms with E-state index in [1.54, 1.807) is 0 Å². The molecule has 108 valence electrons. The number of hydrogen-bond acceptors (Lipinski definition) is 3. The van der Waals surface area contributed by atoms with Gasteiger partial charge >= 0.3 is 0 Å². The largest absolute Gasteiger partial charge is 0.384 e. The summed E-state index contributed by atoms with van der Waals surface area (Å²) in [6.45, 7) is 6.50. The van der Waals surface area contributed by atoms with Gasteiger partial charge in [-0.25, -0.2) is 0 Å². The third kappa shape index (κ3) is 3.35. The van der Waals surface area contributed by atoms with E-state index in [2.05, 4.69) is 52.9 Å². The molecule has 2 heterocycles. The number of fused-ring (bicyclic) bond motifs is 1. The Hall–Kier alpha value is -1.03. The number of halogens is 1. The van der Waals surface area contributed by atoms with Crippen LogP contribution in [0.4, 0.5) is 5.69 Å². The van der Waals surface area contributed by atoms with Crippen LogP contribution >= 0.6 is 23.7 Å². The molecule has 4 heteroatoms. The molecule has 2 aromatic rings. The molecule has 0 spiro atoms. The second-order valence-electron chi connectivity index (χ2n) is 5.01. The molecule has 3 rings (SSSR count). The molecule has 0 aliphatic carbocycles. The molecule has 1 aliphatic rings. The molecule has 0 atom stereocenters. The van der Waals surface area contributed by atoms with Crippen LogP contribution in [-0.2, 0) is 19.5 Å². The van der Waals surface area contributed by atoms with Crippen LogP contribution in [0.2, 0.25) is 0 Å². The van der Waals surface area contributed by atoms with E-state index < -0.39 is 0 Å². The highest BCUT2D eigenvalue weighted by atomic mass is 35.5. The maximum absolute atomic E-state index is 3.53. The maximum atomic E-state index is 3.53. The van der Waals surface area contributed by atoms with Crippen LogP contribution in [0, 0.1) is 0 Å². The fourth-order valence-electron chi connectivity index (χ4n) is 2.69. The van der Waals surface area contributed by atoms with Crippen LogP contribution in [0.25, 0.3) is 0 Å². The Morgan fingerprint density at radius 3 is 2.85 bits per heavy atom. The van der Waals surface area contributed by atoms with Crippen molar-refractivity contribution in [3.05, 3.63) is 51.7 Å². The van der Waals surface area contributed by atoms with E-state index in [1.807, 2.05) is 11.3 Å². The van der Waals surface area contributed by atoms with E-state index in [9.17, 15) is 0 Å². The highest BCUT2D eigenvalue weighted by molar-refractivity contribution is 7.09. The fourth-order valence-corrected chi connectivity index (χ4v) is 3.43. The van der Waals surface area contributed by atoms with Gasteiger partial charge in [0.05, 0.1) is 0 Å². The standard InChI is InChI=1S/C16H20N2S.ClH/c1-2-18(12-15-7-4-10-19-15)11-14-6-3-5-13-8-9-17-16(13)14;/h3-7,10,17H,2,8-9,11-12H2,1H3;1H. The number of hydrogen-bond donors (Lipinski definition) is 1. The summed E-state index contributed by atoms with van der Waals surface area (Å²) in [5, 5.41) is 5.69. The third-order valence-electron chi connectivity index (χ3n) is 3.73. The quantitative estimate of drug-likeness (QED) is 0.892. The summed E-state index contributed by atoms with van der Waals surface area (Å²) < 4.78 is 0. The lowest BCUT2D eigenvalue weighted by Crippen LogP contribution is -2.22. The zero-order chi connectivity index (χ0) is 13.1. The van der Waals surface area contributed by atoms with Gasteiger partial charge in [0.2, 0.25) is 0 Å². The Morgan fingerprint density at radius 2 is 2.10 bits per heavy atom. The van der Waals surface area contributed by atoms with Gasteiger partial charge in [-0.2, -0.15) is 0 Å². The first kappa shape index (κ1) is 15.4. The average molecular weight is 309 g/mol. The summed E-state index contributed by atoms with van der Waals surface area (Å²) in [5.41, 5.74) is 4.30. The van der Waals surface area contributed by atoms with Crippen LogP contribution in [-0.4, -0.2) is 18.0 Å². The molecular formula is C16H21ClN2S. The summed E-state index contributed by atoms with van der Waals surface area (Å²) in [6, 6.07) is 11.1. The first-order chi connectivity index (χ1) is 9.36. The summed E-state index contributed by atoms with van der Waals surface area (Å²) in [4.78, 5) is 3.95. The minimum Gasteiger partial charge on any atom is -0.384 e. The number of thiophene rings is 1. The van der Waals surface area contributed by atoms with Crippen molar-refractivity contribution in [1.82, 2.24) is 4.90 Å². The van der Waals surface area contributed by atoms with Crippen molar-refractivity contribution >= 4 is 29.4 Å². The molecular weight excluding hydrogens is 288 g/mol. The summed E-state index contributed by atoms with van der Waals surface area (Å²) in [7, 11) is 0. The van der Waals surface area contributed by atoms with Crippen LogP contribution in [0.3, 0.4) is 0 Å². The summed E-state index contributed by atoms with van der Waals surface area (Å²) in [6.07, 6.45) is 1.17. The van der Waals surface area contributed by atoms with E-state index in [1.165, 1.54) is 28.1 Å². The van der Waals surface area contributed by atoms with Crippen molar-refractivity contribution in [3.8, 4) is 0 Å². The maximum Gasteiger partial charge on any atom is 0.0419 e. The molecule has 20 heavy (non-hydrogen) atoms. The van der Waals surface area contributed by atoms with E-state index >= 15 is 0 Å². The minimum absolute atomic E-state index is 0. The van der Waals surface area contributed by atoms with Crippen LogP contribution in [0.5, 0.6) is 0 Å². The highest BCUT2D eigenvalue weighted by Crippen LogP contribution is 2.27. The predicted octanol–water partition coefficient (Wildman–Crippen LogP) is 4.16. The molecule has 1 aromatic carbocycles. The van der Waals surface area contributed by atoms with Crippen LogP contribution in [0.15, 0.2) is 35.7 Å². The van der Waals surface area contributed by atoms with E-state index in [-0.39, 0.29) is 12.4 Å². The van der Waals surface area contributed by atoms with Crippen molar-refractivity contribution in [2.24, 2.45) is 0 Å². The zero-order valence-electron chi connectivity index (χ0n) is 11.8. The molecule has 0 unspecified atom stereocenters. The second kappa shape index (κ2) is 7.11. The topological polar surface area (TPSA) is 15.3 Å². The molecule has 0 saturated heterocycles. The van der Waals surface area contributed by atoms with Crippen LogP contribution < -0.4 is 5.32 Å². The lowest BCUT2D eigenvalue weighted by Gasteiger charge is -2.21. The molecule has 2 nitrogen and oxygen atoms in total. The average Bonchev–Trinajstić information content (AvgIpc) is 3.08. The number of para-hydroxylation sites is 1. The van der Waals surface area contributed by atoms with Gasteiger partial charge in [0, 0.05) is 30.2 Å². The van der Waals surface area contributed by atoms with Gasteiger partial charge in [0.1, 0.15) is 0 Å². The molecule has 1 aromatic heterocycles. The Balaban J connectivity index is 0.00000147. The first-order valence-corrected chi connectivity index (χ1v) is 7.84. The fraction of sp³-hybridized carbons (Fsp3) is 0.375. The second-order valence-corrected chi connectivity index (χ2v) is 6.04. The van der Waals surface area contributed by atoms with Gasteiger partial charge in [0.15, 0.2) is 0 Å². The van der Waals surface area contributed by atoms with Gasteiger partial charge in [-0.15, -0.1) is 23.7 Å². The van der Waals surface area contributed by atoms with Crippen molar-refractivity contribution in [2.75, 3.05) is 18.4 Å². The van der Waals surface area contributed by atoms with Gasteiger partial charge in [0.25, 0.3) is 0 Å². The Labute approximate surface area is 131 Å². The number of nitrogens with one attached hydrogen (secondary N) is 1. The molecule has 0 fully saturated rings. The number of benzene rings is 1. The Morgan fingerprint density at radius 1 is 1.20 bits per heavy atom. The predicted molar refractivity (Wildman–Crippen MR) is 90.0 cm³/mol. The molecule has 0 amide bonds. The van der Waals surface area contributed by atoms with Gasteiger partial charge in [-0.1, -0.05) is 31.2 Å². The van der Waals surface area contributed by atoms with Crippen molar-refractivity contribution in [2.45, 2.75) is 26.4 Å². The number of anilines is 1. The Bertz CT molecular complexity index is 539. The van der Waals surface area contributed by atoms with E-state index in [0.717, 1.165) is 26.2 Å². The van der Waals surface area contributed by atoms with Crippen LogP contribution in [0.1, 0.15) is 22.9 Å². The lowest BCUT2D eigenvalue weighted by molar-refractivity contribution is 0.274. The molecule has 0 saturated carbocycles. The summed E-state index contributed by atoms with van der Waals surface area (Å²) in [5.74, 6) is 0. The third-order valence-corrected chi connectivity index (χ3v) is 4.60. The van der Waals surface area contributed by atoms with Gasteiger partial charge in [-0.3, -0.25) is 4.90 Å². The van der Waals surface area contributed by atoms with E-state index in [0.29, 0.717) is 0 Å². The smallest absolute Gasteiger partial charge is 0.0419 e. The highest BCUT2D eigenvalue weighted by Gasteiger charge is 2.15. The molecule has 0 radical (unpaired) electrons. The minimum atomic E-state index is 0. The van der Waals surface area contributed by atoms with Crippen molar-refractivity contribution in [1.29, 1.82) is 0 Å². The lowest BCUT2D eigenvalue weighted by atomic mass is 10.1. The summed E-state index contributed by atoms with van der Waals surface area (Å²) >= 11 is 1.85. The van der Waals surface area contributed by atoms with E-state index in [4.69, 9.17) is 0 Å². The molecule has 0 bridgehead atoms. The molecule has 1 aliphatic heterocycles. The SMILES string of the molecule is CCN(Cc1cccs1)Cc1cccc2c1NCC2.Cl. The monoisotopic (exact) mass is 308 g/mol. The van der Waals surface area contributed by atoms with Gasteiger partial charge in [-0.05, 0) is 35.5 Å². The molecule has 1 N–H and O–H groups in total.